The van der Waals surface area contributed by atoms with E-state index in [2.05, 4.69) is 43.6 Å². The Kier molecular flexibility index (Phi) is 14.8. The van der Waals surface area contributed by atoms with Gasteiger partial charge in [0.15, 0.2) is 0 Å². The molecule has 1 unspecified atom stereocenters. The average molecular weight is 820 g/mol. The SMILES string of the molecule is O=C(/C=C/c1cccnc1)NCCCCC1CCN(C(=O)c2ccc(N3CCN(CCCCCSc4ccc5c(c4)CN(C4CCC(=O)NC4=O)C5=O)CC3)cc2)CC1. The van der Waals surface area contributed by atoms with Gasteiger partial charge in [-0.05, 0) is 122 Å². The molecule has 2 aromatic carbocycles. The summed E-state index contributed by atoms with van der Waals surface area (Å²) in [6, 6.07) is 17.3. The molecule has 5 heterocycles. The molecule has 0 radical (unpaired) electrons. The minimum absolute atomic E-state index is 0.0815. The van der Waals surface area contributed by atoms with Gasteiger partial charge < -0.3 is 20.0 Å². The molecule has 7 rings (SSSR count). The van der Waals surface area contributed by atoms with Crippen LogP contribution in [0.5, 0.6) is 0 Å². The summed E-state index contributed by atoms with van der Waals surface area (Å²) in [5.41, 5.74) is 4.46. The zero-order valence-electron chi connectivity index (χ0n) is 34.0. The van der Waals surface area contributed by atoms with Crippen LogP contribution in [-0.4, -0.2) is 113 Å². The van der Waals surface area contributed by atoms with E-state index in [1.54, 1.807) is 29.4 Å². The van der Waals surface area contributed by atoms with E-state index >= 15 is 0 Å². The van der Waals surface area contributed by atoms with Crippen LogP contribution in [0.1, 0.15) is 96.1 Å². The average Bonchev–Trinajstić information content (AvgIpc) is 3.59. The number of nitrogens with zero attached hydrogens (tertiary/aromatic N) is 5. The number of fused-ring (bicyclic) bond motifs is 1. The van der Waals surface area contributed by atoms with Gasteiger partial charge in [0.1, 0.15) is 6.04 Å². The number of hydrogen-bond donors (Lipinski definition) is 2. The van der Waals surface area contributed by atoms with E-state index in [4.69, 9.17) is 0 Å². The van der Waals surface area contributed by atoms with Crippen molar-refractivity contribution in [3.8, 4) is 0 Å². The molecule has 59 heavy (non-hydrogen) atoms. The van der Waals surface area contributed by atoms with Gasteiger partial charge in [-0.1, -0.05) is 25.3 Å². The van der Waals surface area contributed by atoms with Crippen molar-refractivity contribution in [2.24, 2.45) is 5.92 Å². The number of pyridine rings is 1. The van der Waals surface area contributed by atoms with E-state index in [1.807, 2.05) is 53.1 Å². The Morgan fingerprint density at radius 1 is 0.881 bits per heavy atom. The number of anilines is 1. The second kappa shape index (κ2) is 20.8. The first kappa shape index (κ1) is 42.1. The van der Waals surface area contributed by atoms with Crippen LogP contribution in [0.4, 0.5) is 5.69 Å². The van der Waals surface area contributed by atoms with Crippen LogP contribution in [0.2, 0.25) is 0 Å². The third-order valence-electron chi connectivity index (χ3n) is 12.1. The molecule has 0 aliphatic carbocycles. The van der Waals surface area contributed by atoms with E-state index < -0.39 is 6.04 Å². The number of likely N-dealkylation sites (tertiary alicyclic amines) is 1. The molecule has 1 aromatic heterocycles. The second-order valence-electron chi connectivity index (χ2n) is 16.1. The number of nitrogens with one attached hydrogen (secondary N) is 2. The van der Waals surface area contributed by atoms with Gasteiger partial charge in [-0.3, -0.25) is 39.2 Å². The molecule has 5 amide bonds. The molecule has 12 nitrogen and oxygen atoms in total. The van der Waals surface area contributed by atoms with Crippen molar-refractivity contribution in [2.45, 2.75) is 81.7 Å². The summed E-state index contributed by atoms with van der Waals surface area (Å²) in [4.78, 5) is 76.1. The fraction of sp³-hybridized carbons (Fsp3) is 0.478. The number of piperazine rings is 1. The van der Waals surface area contributed by atoms with Crippen molar-refractivity contribution in [1.29, 1.82) is 0 Å². The minimum atomic E-state index is -0.583. The van der Waals surface area contributed by atoms with Gasteiger partial charge in [0.2, 0.25) is 17.7 Å². The van der Waals surface area contributed by atoms with Crippen molar-refractivity contribution in [2.75, 3.05) is 63.0 Å². The molecule has 3 aromatic rings. The van der Waals surface area contributed by atoms with Crippen molar-refractivity contribution in [3.63, 3.8) is 0 Å². The Bertz CT molecular complexity index is 1960. The molecule has 4 aliphatic heterocycles. The number of rotatable bonds is 17. The highest BCUT2D eigenvalue weighted by Gasteiger charge is 2.39. The van der Waals surface area contributed by atoms with Crippen LogP contribution in [0, 0.1) is 5.92 Å². The predicted octanol–water partition coefficient (Wildman–Crippen LogP) is 5.78. The van der Waals surface area contributed by atoms with Crippen molar-refractivity contribution < 1.29 is 24.0 Å². The second-order valence-corrected chi connectivity index (χ2v) is 17.3. The number of benzene rings is 2. The number of carbonyl (C=O) groups excluding carboxylic acids is 5. The molecule has 3 fully saturated rings. The highest BCUT2D eigenvalue weighted by molar-refractivity contribution is 7.99. The molecule has 13 heteroatoms. The zero-order valence-corrected chi connectivity index (χ0v) is 34.8. The Morgan fingerprint density at radius 2 is 1.69 bits per heavy atom. The first-order valence-corrected chi connectivity index (χ1v) is 22.4. The molecule has 2 N–H and O–H groups in total. The lowest BCUT2D eigenvalue weighted by Gasteiger charge is -2.36. The highest BCUT2D eigenvalue weighted by Crippen LogP contribution is 2.31. The van der Waals surface area contributed by atoms with E-state index in [-0.39, 0.29) is 36.0 Å². The van der Waals surface area contributed by atoms with Gasteiger partial charge >= 0.3 is 0 Å². The number of imide groups is 1. The number of thioether (sulfide) groups is 1. The first-order chi connectivity index (χ1) is 28.8. The Hall–Kier alpha value is -5.01. The summed E-state index contributed by atoms with van der Waals surface area (Å²) in [6.07, 6.45) is 16.1. The first-order valence-electron chi connectivity index (χ1n) is 21.4. The molecule has 1 atom stereocenters. The fourth-order valence-corrected chi connectivity index (χ4v) is 9.55. The highest BCUT2D eigenvalue weighted by atomic mass is 32.2. The van der Waals surface area contributed by atoms with Crippen LogP contribution in [0.15, 0.2) is 78.0 Å². The minimum Gasteiger partial charge on any atom is -0.369 e. The van der Waals surface area contributed by atoms with Crippen molar-refractivity contribution in [1.82, 2.24) is 30.3 Å². The van der Waals surface area contributed by atoms with Gasteiger partial charge in [0, 0.05) is 99.0 Å². The van der Waals surface area contributed by atoms with Crippen LogP contribution in [0.3, 0.4) is 0 Å². The molecule has 0 spiro atoms. The summed E-state index contributed by atoms with van der Waals surface area (Å²) in [7, 11) is 0. The summed E-state index contributed by atoms with van der Waals surface area (Å²) < 4.78 is 0. The number of carbonyl (C=O) groups is 5. The topological polar surface area (TPSA) is 135 Å². The zero-order chi connectivity index (χ0) is 41.0. The van der Waals surface area contributed by atoms with E-state index in [1.165, 1.54) is 18.5 Å². The lowest BCUT2D eigenvalue weighted by Crippen LogP contribution is -2.52. The number of hydrogen-bond acceptors (Lipinski definition) is 9. The van der Waals surface area contributed by atoms with Crippen LogP contribution < -0.4 is 15.5 Å². The van der Waals surface area contributed by atoms with Crippen molar-refractivity contribution >= 4 is 53.1 Å². The lowest BCUT2D eigenvalue weighted by molar-refractivity contribution is -0.137. The summed E-state index contributed by atoms with van der Waals surface area (Å²) in [5.74, 6) is 0.911. The predicted molar refractivity (Wildman–Crippen MR) is 231 cm³/mol. The number of amides is 5. The number of unbranched alkanes of at least 4 members (excludes halogenated alkanes) is 3. The van der Waals surface area contributed by atoms with E-state index in [9.17, 15) is 24.0 Å². The normalized spacial score (nSPS) is 19.0. The standard InChI is InChI=1S/C46H57N7O5S/c54-42(17-9-35-8-6-21-47-32-35)48-22-3-2-7-34-19-24-52(25-20-34)45(57)36-10-12-38(13-11-36)51-28-26-50(27-29-51)23-4-1-5-30-59-39-14-15-40-37(31-39)33-53(46(40)58)41-16-18-43(55)49-44(41)56/h6,8-15,17,21,31-32,34,41H,1-5,7,16,18-20,22-30,33H2,(H,48,54)(H,49,55,56)/b17-9+. The maximum atomic E-state index is 13.3. The smallest absolute Gasteiger partial charge is 0.255 e. The molecule has 0 bridgehead atoms. The third kappa shape index (κ3) is 11.6. The molecule has 4 aliphatic rings. The lowest BCUT2D eigenvalue weighted by atomic mass is 9.91. The van der Waals surface area contributed by atoms with Gasteiger partial charge in [-0.2, -0.15) is 0 Å². The molecular weight excluding hydrogens is 763 g/mol. The third-order valence-corrected chi connectivity index (χ3v) is 13.2. The maximum absolute atomic E-state index is 13.3. The Labute approximate surface area is 352 Å². The largest absolute Gasteiger partial charge is 0.369 e. The summed E-state index contributed by atoms with van der Waals surface area (Å²) in [6.45, 7) is 7.81. The quantitative estimate of drug-likeness (QED) is 0.0753. The van der Waals surface area contributed by atoms with Crippen LogP contribution >= 0.6 is 11.8 Å². The Balaban J connectivity index is 0.725. The van der Waals surface area contributed by atoms with Gasteiger partial charge in [0.25, 0.3) is 11.8 Å². The summed E-state index contributed by atoms with van der Waals surface area (Å²) in [5, 5.41) is 5.33. The van der Waals surface area contributed by atoms with Gasteiger partial charge in [-0.25, -0.2) is 0 Å². The summed E-state index contributed by atoms with van der Waals surface area (Å²) >= 11 is 1.81. The molecular formula is C46H57N7O5S. The number of aromatic nitrogens is 1. The maximum Gasteiger partial charge on any atom is 0.255 e. The number of piperidine rings is 2. The van der Waals surface area contributed by atoms with Crippen LogP contribution in [0.25, 0.3) is 6.08 Å². The van der Waals surface area contributed by atoms with E-state index in [0.717, 1.165) is 112 Å². The van der Waals surface area contributed by atoms with Crippen LogP contribution in [-0.2, 0) is 20.9 Å². The Morgan fingerprint density at radius 3 is 2.46 bits per heavy atom. The molecule has 3 saturated heterocycles. The van der Waals surface area contributed by atoms with Gasteiger partial charge in [0.05, 0.1) is 0 Å². The van der Waals surface area contributed by atoms with E-state index in [0.29, 0.717) is 31.0 Å². The van der Waals surface area contributed by atoms with Gasteiger partial charge in [-0.15, -0.1) is 11.8 Å². The molecule has 312 valence electrons. The fourth-order valence-electron chi connectivity index (χ4n) is 8.57. The molecule has 0 saturated carbocycles. The van der Waals surface area contributed by atoms with Crippen molar-refractivity contribution in [3.05, 3.63) is 95.3 Å². The monoisotopic (exact) mass is 819 g/mol.